The monoisotopic (exact) mass is 474 g/mol. The number of likely N-dealkylation sites (tertiary alicyclic amines) is 1. The number of methoxy groups -OCH3 is 1. The number of hydrogen-bond acceptors (Lipinski definition) is 6. The zero-order valence-electron chi connectivity index (χ0n) is 20.3. The number of imidazole rings is 1. The normalized spacial score (nSPS) is 17.8. The molecule has 1 N–H and O–H groups in total. The van der Waals surface area contributed by atoms with Gasteiger partial charge in [-0.1, -0.05) is 19.9 Å². The summed E-state index contributed by atoms with van der Waals surface area (Å²) in [7, 11) is 1.63. The number of aryl methyl sites for hydroxylation is 1. The van der Waals surface area contributed by atoms with Gasteiger partial charge >= 0.3 is 0 Å². The SMILES string of the molecule is COCCCn1c(NC(=O)c2cccc(C#N)c2)nc2cc(C(=O)N3CC(C)CC(C)C3)cnc21. The molecule has 0 spiro atoms. The highest BCUT2D eigenvalue weighted by Gasteiger charge is 2.27. The number of piperidine rings is 1. The van der Waals surface area contributed by atoms with Crippen LogP contribution in [0.5, 0.6) is 0 Å². The molecule has 35 heavy (non-hydrogen) atoms. The maximum atomic E-state index is 13.2. The molecule has 1 aliphatic heterocycles. The Morgan fingerprint density at radius 3 is 2.69 bits per heavy atom. The zero-order valence-corrected chi connectivity index (χ0v) is 20.3. The number of rotatable bonds is 7. The van der Waals surface area contributed by atoms with E-state index in [4.69, 9.17) is 10.00 Å². The van der Waals surface area contributed by atoms with Crippen LogP contribution in [0.2, 0.25) is 0 Å². The number of amides is 2. The van der Waals surface area contributed by atoms with Crippen molar-refractivity contribution in [2.45, 2.75) is 33.2 Å². The van der Waals surface area contributed by atoms with Crippen LogP contribution >= 0.6 is 0 Å². The molecule has 0 saturated carbocycles. The number of pyridine rings is 1. The molecule has 1 saturated heterocycles. The van der Waals surface area contributed by atoms with Gasteiger partial charge in [0.05, 0.1) is 17.2 Å². The number of carbonyl (C=O) groups excluding carboxylic acids is 2. The van der Waals surface area contributed by atoms with E-state index in [0.29, 0.717) is 65.2 Å². The van der Waals surface area contributed by atoms with Crippen molar-refractivity contribution < 1.29 is 14.3 Å². The van der Waals surface area contributed by atoms with Crippen LogP contribution in [0.3, 0.4) is 0 Å². The second kappa shape index (κ2) is 10.7. The number of fused-ring (bicyclic) bond motifs is 1. The first-order valence-corrected chi connectivity index (χ1v) is 11.9. The average Bonchev–Trinajstić information content (AvgIpc) is 3.19. The van der Waals surface area contributed by atoms with Crippen LogP contribution in [0.15, 0.2) is 36.5 Å². The van der Waals surface area contributed by atoms with Gasteiger partial charge in [0.2, 0.25) is 5.95 Å². The van der Waals surface area contributed by atoms with Crippen molar-refractivity contribution >= 4 is 28.9 Å². The van der Waals surface area contributed by atoms with E-state index < -0.39 is 0 Å². The summed E-state index contributed by atoms with van der Waals surface area (Å²) in [5.41, 5.74) is 2.36. The molecule has 0 radical (unpaired) electrons. The minimum Gasteiger partial charge on any atom is -0.385 e. The van der Waals surface area contributed by atoms with E-state index in [1.54, 1.807) is 37.6 Å². The summed E-state index contributed by atoms with van der Waals surface area (Å²) in [4.78, 5) is 37.2. The molecule has 182 valence electrons. The summed E-state index contributed by atoms with van der Waals surface area (Å²) in [5, 5.41) is 12.0. The quantitative estimate of drug-likeness (QED) is 0.522. The number of anilines is 1. The Morgan fingerprint density at radius 2 is 1.97 bits per heavy atom. The van der Waals surface area contributed by atoms with E-state index >= 15 is 0 Å². The Balaban J connectivity index is 1.64. The molecule has 9 nitrogen and oxygen atoms in total. The predicted molar refractivity (Wildman–Crippen MR) is 132 cm³/mol. The van der Waals surface area contributed by atoms with Crippen molar-refractivity contribution in [1.29, 1.82) is 5.26 Å². The molecule has 1 aliphatic rings. The minimum absolute atomic E-state index is 0.0503. The Hall–Kier alpha value is -3.77. The summed E-state index contributed by atoms with van der Waals surface area (Å²) in [6, 6.07) is 10.3. The lowest BCUT2D eigenvalue weighted by molar-refractivity contribution is 0.0623. The van der Waals surface area contributed by atoms with Gasteiger partial charge in [-0.2, -0.15) is 5.26 Å². The van der Waals surface area contributed by atoms with Gasteiger partial charge in [-0.05, 0) is 48.9 Å². The zero-order chi connectivity index (χ0) is 24.9. The maximum absolute atomic E-state index is 13.2. The van der Waals surface area contributed by atoms with Gasteiger partial charge in [-0.15, -0.1) is 0 Å². The number of benzene rings is 1. The fourth-order valence-corrected chi connectivity index (χ4v) is 4.72. The van der Waals surface area contributed by atoms with Crippen LogP contribution in [-0.4, -0.2) is 58.1 Å². The molecule has 2 aromatic heterocycles. The minimum atomic E-state index is -0.377. The summed E-state index contributed by atoms with van der Waals surface area (Å²) in [6.45, 7) is 6.87. The van der Waals surface area contributed by atoms with Crippen molar-refractivity contribution in [3.05, 3.63) is 53.2 Å². The van der Waals surface area contributed by atoms with Crippen LogP contribution < -0.4 is 5.32 Å². The standard InChI is InChI=1S/C26H30N6O3/c1-17-10-18(2)16-31(15-17)25(34)21-12-22-23(28-14-21)32(8-5-9-35-3)26(29-22)30-24(33)20-7-4-6-19(11-20)13-27/h4,6-7,11-12,14,17-18H,5,8-10,15-16H2,1-3H3,(H,29,30,33). The van der Waals surface area contributed by atoms with Crippen LogP contribution in [0.1, 0.15) is 53.0 Å². The number of nitriles is 1. The molecule has 4 rings (SSSR count). The average molecular weight is 475 g/mol. The molecule has 2 unspecified atom stereocenters. The Bertz CT molecular complexity index is 1270. The predicted octanol–water partition coefficient (Wildman–Crippen LogP) is 3.71. The van der Waals surface area contributed by atoms with Gasteiger partial charge in [0, 0.05) is 45.1 Å². The van der Waals surface area contributed by atoms with Gasteiger partial charge in [-0.3, -0.25) is 19.5 Å². The van der Waals surface area contributed by atoms with E-state index in [1.807, 2.05) is 15.5 Å². The Labute approximate surface area is 204 Å². The Morgan fingerprint density at radius 1 is 1.20 bits per heavy atom. The van der Waals surface area contributed by atoms with E-state index in [0.717, 1.165) is 19.5 Å². The van der Waals surface area contributed by atoms with Gasteiger partial charge in [-0.25, -0.2) is 9.97 Å². The molecule has 2 amide bonds. The number of aromatic nitrogens is 3. The third-order valence-corrected chi connectivity index (χ3v) is 6.20. The van der Waals surface area contributed by atoms with Crippen molar-refractivity contribution in [2.24, 2.45) is 11.8 Å². The maximum Gasteiger partial charge on any atom is 0.258 e. The number of ether oxygens (including phenoxy) is 1. The van der Waals surface area contributed by atoms with Crippen molar-refractivity contribution in [3.8, 4) is 6.07 Å². The van der Waals surface area contributed by atoms with Crippen molar-refractivity contribution in [3.63, 3.8) is 0 Å². The van der Waals surface area contributed by atoms with Crippen LogP contribution in [-0.2, 0) is 11.3 Å². The summed E-state index contributed by atoms with van der Waals surface area (Å²) in [6.07, 6.45) is 3.40. The molecule has 9 heteroatoms. The molecule has 2 atom stereocenters. The summed E-state index contributed by atoms with van der Waals surface area (Å²) < 4.78 is 7.00. The van der Waals surface area contributed by atoms with E-state index in [1.165, 1.54) is 6.07 Å². The second-order valence-electron chi connectivity index (χ2n) is 9.30. The van der Waals surface area contributed by atoms with Gasteiger partial charge in [0.25, 0.3) is 11.8 Å². The smallest absolute Gasteiger partial charge is 0.258 e. The summed E-state index contributed by atoms with van der Waals surface area (Å²) in [5.74, 6) is 0.825. The van der Waals surface area contributed by atoms with Crippen LogP contribution in [0, 0.1) is 23.2 Å². The first-order valence-electron chi connectivity index (χ1n) is 11.9. The number of nitrogens with zero attached hydrogens (tertiary/aromatic N) is 5. The highest BCUT2D eigenvalue weighted by Crippen LogP contribution is 2.25. The molecule has 3 heterocycles. The van der Waals surface area contributed by atoms with Crippen molar-refractivity contribution in [2.75, 3.05) is 32.1 Å². The van der Waals surface area contributed by atoms with Gasteiger partial charge < -0.3 is 9.64 Å². The number of nitrogens with one attached hydrogen (secondary N) is 1. The topological polar surface area (TPSA) is 113 Å². The number of hydrogen-bond donors (Lipinski definition) is 1. The first kappa shape index (κ1) is 24.4. The highest BCUT2D eigenvalue weighted by molar-refractivity contribution is 6.04. The third-order valence-electron chi connectivity index (χ3n) is 6.20. The molecular formula is C26H30N6O3. The van der Waals surface area contributed by atoms with Crippen LogP contribution in [0.4, 0.5) is 5.95 Å². The first-order chi connectivity index (χ1) is 16.9. The lowest BCUT2D eigenvalue weighted by Gasteiger charge is -2.35. The van der Waals surface area contributed by atoms with Gasteiger partial charge in [0.1, 0.15) is 5.52 Å². The molecule has 3 aromatic rings. The highest BCUT2D eigenvalue weighted by atomic mass is 16.5. The summed E-state index contributed by atoms with van der Waals surface area (Å²) >= 11 is 0. The molecule has 0 aliphatic carbocycles. The molecular weight excluding hydrogens is 444 g/mol. The Kier molecular flexibility index (Phi) is 7.42. The van der Waals surface area contributed by atoms with Crippen molar-refractivity contribution in [1.82, 2.24) is 19.4 Å². The van der Waals surface area contributed by atoms with Gasteiger partial charge in [0.15, 0.2) is 5.65 Å². The van der Waals surface area contributed by atoms with E-state index in [-0.39, 0.29) is 11.8 Å². The largest absolute Gasteiger partial charge is 0.385 e. The molecule has 1 fully saturated rings. The number of carbonyl (C=O) groups is 2. The lowest BCUT2D eigenvalue weighted by atomic mass is 9.91. The fourth-order valence-electron chi connectivity index (χ4n) is 4.72. The molecule has 1 aromatic carbocycles. The third kappa shape index (κ3) is 5.49. The molecule has 0 bridgehead atoms. The van der Waals surface area contributed by atoms with E-state index in [2.05, 4.69) is 29.1 Å². The lowest BCUT2D eigenvalue weighted by Crippen LogP contribution is -2.42. The van der Waals surface area contributed by atoms with E-state index in [9.17, 15) is 9.59 Å². The van der Waals surface area contributed by atoms with Crippen LogP contribution in [0.25, 0.3) is 11.2 Å². The fraction of sp³-hybridized carbons (Fsp3) is 0.423. The second-order valence-corrected chi connectivity index (χ2v) is 9.30.